The number of nitrogens with one attached hydrogen (secondary N) is 1. The number of carbonyl (C=O) groups excluding carboxylic acids is 1. The fourth-order valence-corrected chi connectivity index (χ4v) is 6.44. The van der Waals surface area contributed by atoms with Crippen molar-refractivity contribution in [1.29, 1.82) is 5.26 Å². The van der Waals surface area contributed by atoms with Gasteiger partial charge in [0.25, 0.3) is 0 Å². The second-order valence-electron chi connectivity index (χ2n) is 8.14. The number of anilines is 2. The molecule has 2 fully saturated rings. The van der Waals surface area contributed by atoms with Gasteiger partial charge in [-0.2, -0.15) is 5.26 Å². The molecule has 1 amide bonds. The molecule has 5 rings (SSSR count). The van der Waals surface area contributed by atoms with E-state index in [0.29, 0.717) is 35.5 Å². The quantitative estimate of drug-likeness (QED) is 0.610. The van der Waals surface area contributed by atoms with E-state index in [1.807, 2.05) is 0 Å². The van der Waals surface area contributed by atoms with Crippen molar-refractivity contribution in [3.63, 3.8) is 0 Å². The van der Waals surface area contributed by atoms with Gasteiger partial charge >= 0.3 is 0 Å². The van der Waals surface area contributed by atoms with E-state index in [-0.39, 0.29) is 17.8 Å². The first-order valence-electron chi connectivity index (χ1n) is 11.1. The summed E-state index contributed by atoms with van der Waals surface area (Å²) in [6.45, 7) is 4.35. The highest BCUT2D eigenvalue weighted by Gasteiger charge is 2.26. The first-order chi connectivity index (χ1) is 15.7. The lowest BCUT2D eigenvalue weighted by molar-refractivity contribution is -0.113. The average molecular weight is 475 g/mol. The van der Waals surface area contributed by atoms with Gasteiger partial charge in [-0.1, -0.05) is 11.8 Å². The van der Waals surface area contributed by atoms with Gasteiger partial charge in [-0.3, -0.25) is 9.36 Å². The van der Waals surface area contributed by atoms with Crippen molar-refractivity contribution in [2.24, 2.45) is 0 Å². The van der Waals surface area contributed by atoms with Gasteiger partial charge < -0.3 is 19.7 Å². The zero-order valence-corrected chi connectivity index (χ0v) is 19.5. The Balaban J connectivity index is 1.28. The number of aromatic nitrogens is 3. The van der Waals surface area contributed by atoms with Gasteiger partial charge in [-0.25, -0.2) is 0 Å². The predicted octanol–water partition coefficient (Wildman–Crippen LogP) is 2.45. The minimum Gasteiger partial charge on any atom is -0.378 e. The number of nitrogens with zero attached hydrogens (tertiary/aromatic N) is 5. The summed E-state index contributed by atoms with van der Waals surface area (Å²) >= 11 is 2.91. The smallest absolute Gasteiger partial charge is 0.235 e. The molecule has 11 heteroatoms. The lowest BCUT2D eigenvalue weighted by Gasteiger charge is -2.28. The normalized spacial score (nSPS) is 20.3. The topological polar surface area (TPSA) is 105 Å². The second kappa shape index (κ2) is 9.79. The van der Waals surface area contributed by atoms with Crippen molar-refractivity contribution in [2.75, 3.05) is 48.9 Å². The molecule has 3 aliphatic rings. The van der Waals surface area contributed by atoms with Gasteiger partial charge in [0.1, 0.15) is 11.1 Å². The number of thiophene rings is 1. The molecule has 0 radical (unpaired) electrons. The monoisotopic (exact) mass is 474 g/mol. The Labute approximate surface area is 195 Å². The minimum absolute atomic E-state index is 0.133. The van der Waals surface area contributed by atoms with Crippen LogP contribution in [0.15, 0.2) is 5.16 Å². The fourth-order valence-electron chi connectivity index (χ4n) is 4.44. The van der Waals surface area contributed by atoms with Crippen LogP contribution in [0, 0.1) is 11.3 Å². The summed E-state index contributed by atoms with van der Waals surface area (Å²) in [5.74, 6) is 0.888. The van der Waals surface area contributed by atoms with E-state index in [1.54, 1.807) is 0 Å². The van der Waals surface area contributed by atoms with Crippen molar-refractivity contribution >= 4 is 40.0 Å². The largest absolute Gasteiger partial charge is 0.378 e. The van der Waals surface area contributed by atoms with E-state index in [4.69, 9.17) is 9.47 Å². The second-order valence-corrected chi connectivity index (χ2v) is 10.2. The predicted molar refractivity (Wildman–Crippen MR) is 122 cm³/mol. The molecule has 0 spiro atoms. The van der Waals surface area contributed by atoms with Crippen LogP contribution in [0.1, 0.15) is 35.3 Å². The number of hydrogen-bond acceptors (Lipinski definition) is 9. The molecule has 2 aromatic rings. The van der Waals surface area contributed by atoms with E-state index in [1.165, 1.54) is 28.0 Å². The minimum atomic E-state index is -0.133. The van der Waals surface area contributed by atoms with Crippen molar-refractivity contribution in [1.82, 2.24) is 14.8 Å². The van der Waals surface area contributed by atoms with E-state index in [9.17, 15) is 10.1 Å². The summed E-state index contributed by atoms with van der Waals surface area (Å²) in [5.41, 5.74) is 1.75. The summed E-state index contributed by atoms with van der Waals surface area (Å²) in [4.78, 5) is 16.1. The number of nitriles is 1. The molecule has 9 nitrogen and oxygen atoms in total. The van der Waals surface area contributed by atoms with Gasteiger partial charge in [0.2, 0.25) is 11.9 Å². The van der Waals surface area contributed by atoms with Gasteiger partial charge in [-0.15, -0.1) is 21.5 Å². The van der Waals surface area contributed by atoms with Crippen LogP contribution < -0.4 is 10.2 Å². The summed E-state index contributed by atoms with van der Waals surface area (Å²) in [5, 5.41) is 22.7. The first-order valence-corrected chi connectivity index (χ1v) is 12.9. The molecule has 1 aliphatic carbocycles. The maximum absolute atomic E-state index is 12.7. The molecule has 0 saturated carbocycles. The molecule has 1 atom stereocenters. The molecule has 0 bridgehead atoms. The van der Waals surface area contributed by atoms with Crippen LogP contribution in [0.3, 0.4) is 0 Å². The van der Waals surface area contributed by atoms with Crippen molar-refractivity contribution < 1.29 is 14.3 Å². The van der Waals surface area contributed by atoms with Crippen LogP contribution in [0.4, 0.5) is 10.9 Å². The Hall–Kier alpha value is -2.13. The van der Waals surface area contributed by atoms with E-state index < -0.39 is 0 Å². The average Bonchev–Trinajstić information content (AvgIpc) is 3.59. The van der Waals surface area contributed by atoms with Crippen LogP contribution >= 0.6 is 23.1 Å². The highest BCUT2D eigenvalue weighted by atomic mass is 32.2. The van der Waals surface area contributed by atoms with Gasteiger partial charge in [0, 0.05) is 24.6 Å². The van der Waals surface area contributed by atoms with Gasteiger partial charge in [-0.05, 0) is 37.7 Å². The Kier molecular flexibility index (Phi) is 6.64. The van der Waals surface area contributed by atoms with Crippen molar-refractivity contribution in [3.05, 3.63) is 16.0 Å². The van der Waals surface area contributed by atoms with Crippen LogP contribution in [-0.4, -0.2) is 65.4 Å². The van der Waals surface area contributed by atoms with Crippen molar-refractivity contribution in [3.8, 4) is 6.07 Å². The summed E-state index contributed by atoms with van der Waals surface area (Å²) < 4.78 is 13.4. The summed E-state index contributed by atoms with van der Waals surface area (Å²) in [6.07, 6.45) is 5.24. The van der Waals surface area contributed by atoms with Gasteiger partial charge in [0.15, 0.2) is 5.16 Å². The number of ether oxygens (including phenoxy) is 2. The highest BCUT2D eigenvalue weighted by Crippen LogP contribution is 2.38. The molecule has 2 saturated heterocycles. The molecular formula is C21H26N6O3S2. The molecule has 32 heavy (non-hydrogen) atoms. The zero-order chi connectivity index (χ0) is 21.9. The molecule has 170 valence electrons. The lowest BCUT2D eigenvalue weighted by Crippen LogP contribution is -2.38. The number of hydrogen-bond donors (Lipinski definition) is 1. The third-order valence-corrected chi connectivity index (χ3v) is 8.19. The number of rotatable bonds is 7. The third kappa shape index (κ3) is 4.50. The number of carbonyl (C=O) groups is 1. The molecule has 0 aromatic carbocycles. The van der Waals surface area contributed by atoms with Crippen LogP contribution in [0.2, 0.25) is 0 Å². The summed E-state index contributed by atoms with van der Waals surface area (Å²) in [6, 6.07) is 2.28. The fraction of sp³-hybridized carbons (Fsp3) is 0.619. The van der Waals surface area contributed by atoms with E-state index in [0.717, 1.165) is 63.3 Å². The first kappa shape index (κ1) is 21.7. The Bertz CT molecular complexity index is 1020. The Morgan fingerprint density at radius 2 is 2.12 bits per heavy atom. The maximum atomic E-state index is 12.7. The number of morpholine rings is 1. The van der Waals surface area contributed by atoms with E-state index in [2.05, 4.69) is 31.1 Å². The molecule has 2 aliphatic heterocycles. The summed E-state index contributed by atoms with van der Waals surface area (Å²) in [7, 11) is 0. The maximum Gasteiger partial charge on any atom is 0.235 e. The van der Waals surface area contributed by atoms with Crippen LogP contribution in [0.5, 0.6) is 0 Å². The number of thioether (sulfide) groups is 1. The zero-order valence-electron chi connectivity index (χ0n) is 17.8. The molecule has 4 heterocycles. The lowest BCUT2D eigenvalue weighted by atomic mass is 10.1. The standard InChI is InChI=1S/C21H26N6O3S2/c22-11-16-15-4-1-5-17(15)32-19(16)23-18(28)13-31-21-25-24-20(26-6-9-29-10-7-26)27(21)12-14-3-2-8-30-14/h14H,1-10,12-13H2,(H,23,28). The van der Waals surface area contributed by atoms with Gasteiger partial charge in [0.05, 0.1) is 37.2 Å². The number of amides is 1. The SMILES string of the molecule is N#Cc1c(NC(=O)CSc2nnc(N3CCOCC3)n2CC2CCCO2)sc2c1CCC2. The highest BCUT2D eigenvalue weighted by molar-refractivity contribution is 7.99. The molecule has 1 unspecified atom stereocenters. The molecular weight excluding hydrogens is 448 g/mol. The Morgan fingerprint density at radius 1 is 1.25 bits per heavy atom. The Morgan fingerprint density at radius 3 is 2.91 bits per heavy atom. The van der Waals surface area contributed by atoms with Crippen LogP contribution in [-0.2, 0) is 33.7 Å². The van der Waals surface area contributed by atoms with Crippen LogP contribution in [0.25, 0.3) is 0 Å². The molecule has 2 aromatic heterocycles. The number of aryl methyl sites for hydroxylation is 1. The molecule has 1 N–H and O–H groups in total. The third-order valence-electron chi connectivity index (χ3n) is 6.02. The van der Waals surface area contributed by atoms with Crippen molar-refractivity contribution in [2.45, 2.75) is 49.9 Å². The van der Waals surface area contributed by atoms with E-state index >= 15 is 0 Å². The number of fused-ring (bicyclic) bond motifs is 1.